The highest BCUT2D eigenvalue weighted by Gasteiger charge is 2.40. The van der Waals surface area contributed by atoms with Gasteiger partial charge < -0.3 is 15.0 Å². The van der Waals surface area contributed by atoms with Crippen molar-refractivity contribution in [1.82, 2.24) is 10.2 Å². The Bertz CT molecular complexity index is 276. The molecule has 104 valence electrons. The Hall–Kier alpha value is -0.610. The second kappa shape index (κ2) is 6.02. The summed E-state index contributed by atoms with van der Waals surface area (Å²) in [5.41, 5.74) is -0.129. The van der Waals surface area contributed by atoms with Crippen LogP contribution in [-0.2, 0) is 9.53 Å². The van der Waals surface area contributed by atoms with E-state index in [4.69, 9.17) is 4.74 Å². The lowest BCUT2D eigenvalue weighted by Gasteiger charge is -2.42. The fraction of sp³-hybridized carbons (Fsp3) is 0.929. The van der Waals surface area contributed by atoms with Crippen molar-refractivity contribution in [3.05, 3.63) is 0 Å². The van der Waals surface area contributed by atoms with Crippen LogP contribution in [0.3, 0.4) is 0 Å². The highest BCUT2D eigenvalue weighted by molar-refractivity contribution is 5.77. The third-order valence-corrected chi connectivity index (χ3v) is 4.51. The second-order valence-electron chi connectivity index (χ2n) is 5.63. The molecular formula is C14H26N2O2. The van der Waals surface area contributed by atoms with Crippen LogP contribution in [0.25, 0.3) is 0 Å². The topological polar surface area (TPSA) is 41.6 Å². The summed E-state index contributed by atoms with van der Waals surface area (Å²) in [5.74, 6) is 0.284. The van der Waals surface area contributed by atoms with Crippen LogP contribution in [0.4, 0.5) is 0 Å². The molecule has 4 heteroatoms. The largest absolute Gasteiger partial charge is 0.378 e. The van der Waals surface area contributed by atoms with E-state index in [9.17, 15) is 4.79 Å². The van der Waals surface area contributed by atoms with Gasteiger partial charge in [-0.3, -0.25) is 4.79 Å². The van der Waals surface area contributed by atoms with Gasteiger partial charge in [-0.2, -0.15) is 0 Å². The first-order valence-electron chi connectivity index (χ1n) is 7.25. The Kier molecular flexibility index (Phi) is 4.62. The van der Waals surface area contributed by atoms with Crippen molar-refractivity contribution in [3.8, 4) is 0 Å². The zero-order chi connectivity index (χ0) is 13.0. The molecule has 2 aliphatic rings. The van der Waals surface area contributed by atoms with Crippen LogP contribution in [0, 0.1) is 0 Å². The number of piperidine rings is 1. The van der Waals surface area contributed by atoms with E-state index in [1.54, 1.807) is 7.11 Å². The van der Waals surface area contributed by atoms with Gasteiger partial charge in [0.25, 0.3) is 0 Å². The molecular weight excluding hydrogens is 228 g/mol. The number of hydrogen-bond acceptors (Lipinski definition) is 3. The Morgan fingerprint density at radius 1 is 1.39 bits per heavy atom. The minimum absolute atomic E-state index is 0.129. The van der Waals surface area contributed by atoms with Crippen molar-refractivity contribution in [2.24, 2.45) is 0 Å². The molecule has 1 aliphatic carbocycles. The number of nitrogens with one attached hydrogen (secondary N) is 1. The number of carbonyl (C=O) groups excluding carboxylic acids is 1. The Labute approximate surface area is 110 Å². The summed E-state index contributed by atoms with van der Waals surface area (Å²) in [6.45, 7) is 4.95. The van der Waals surface area contributed by atoms with Gasteiger partial charge in [-0.05, 0) is 38.6 Å². The average Bonchev–Trinajstić information content (AvgIpc) is 2.35. The summed E-state index contributed by atoms with van der Waals surface area (Å²) in [7, 11) is 1.74. The number of carbonyl (C=O) groups is 1. The number of nitrogens with zero attached hydrogens (tertiary/aromatic N) is 1. The lowest BCUT2D eigenvalue weighted by atomic mass is 9.77. The molecule has 4 nitrogen and oxygen atoms in total. The Balaban J connectivity index is 1.77. The molecule has 0 atom stereocenters. The van der Waals surface area contributed by atoms with Gasteiger partial charge in [-0.1, -0.05) is 6.92 Å². The first-order chi connectivity index (χ1) is 8.69. The fourth-order valence-electron chi connectivity index (χ4n) is 3.03. The van der Waals surface area contributed by atoms with Crippen LogP contribution in [-0.4, -0.2) is 49.2 Å². The number of rotatable bonds is 5. The number of methoxy groups -OCH3 is 1. The summed E-state index contributed by atoms with van der Waals surface area (Å²) < 4.78 is 5.54. The molecule has 0 aromatic carbocycles. The van der Waals surface area contributed by atoms with Crippen molar-refractivity contribution in [2.75, 3.05) is 26.7 Å². The van der Waals surface area contributed by atoms with Crippen molar-refractivity contribution in [1.29, 1.82) is 0 Å². The molecule has 0 aromatic rings. The molecule has 1 saturated carbocycles. The van der Waals surface area contributed by atoms with Crippen molar-refractivity contribution >= 4 is 5.91 Å². The van der Waals surface area contributed by atoms with E-state index < -0.39 is 0 Å². The highest BCUT2D eigenvalue weighted by atomic mass is 16.5. The molecule has 1 heterocycles. The van der Waals surface area contributed by atoms with E-state index in [0.29, 0.717) is 12.5 Å². The van der Waals surface area contributed by atoms with Gasteiger partial charge in [0.1, 0.15) is 0 Å². The Morgan fingerprint density at radius 2 is 2.06 bits per heavy atom. The molecule has 0 spiro atoms. The lowest BCUT2D eigenvalue weighted by molar-refractivity contribution is -0.145. The molecule has 0 bridgehead atoms. The van der Waals surface area contributed by atoms with Gasteiger partial charge >= 0.3 is 0 Å². The van der Waals surface area contributed by atoms with Crippen LogP contribution in [0.1, 0.15) is 45.4 Å². The maximum Gasteiger partial charge on any atom is 0.225 e. The maximum atomic E-state index is 12.3. The first-order valence-corrected chi connectivity index (χ1v) is 7.25. The van der Waals surface area contributed by atoms with Crippen molar-refractivity contribution in [2.45, 2.75) is 57.1 Å². The molecule has 1 amide bonds. The number of likely N-dealkylation sites (tertiary alicyclic amines) is 1. The van der Waals surface area contributed by atoms with Gasteiger partial charge in [-0.15, -0.1) is 0 Å². The average molecular weight is 254 g/mol. The minimum Gasteiger partial charge on any atom is -0.378 e. The van der Waals surface area contributed by atoms with E-state index >= 15 is 0 Å². The number of amides is 1. The third-order valence-electron chi connectivity index (χ3n) is 4.51. The van der Waals surface area contributed by atoms with E-state index in [1.165, 1.54) is 6.42 Å². The molecule has 2 rings (SSSR count). The third kappa shape index (κ3) is 3.04. The van der Waals surface area contributed by atoms with Crippen LogP contribution < -0.4 is 5.32 Å². The summed E-state index contributed by atoms with van der Waals surface area (Å²) in [5, 5.41) is 3.46. The molecule has 18 heavy (non-hydrogen) atoms. The number of hydrogen-bond donors (Lipinski definition) is 1. The van der Waals surface area contributed by atoms with E-state index in [2.05, 4.69) is 12.2 Å². The fourth-order valence-corrected chi connectivity index (χ4v) is 3.03. The van der Waals surface area contributed by atoms with Gasteiger partial charge in [0.15, 0.2) is 0 Å². The minimum atomic E-state index is -0.129. The van der Waals surface area contributed by atoms with Crippen LogP contribution in [0.15, 0.2) is 0 Å². The molecule has 1 N–H and O–H groups in total. The predicted octanol–water partition coefficient (Wildman–Crippen LogP) is 1.55. The van der Waals surface area contributed by atoms with Gasteiger partial charge in [0.2, 0.25) is 5.91 Å². The predicted molar refractivity (Wildman–Crippen MR) is 71.5 cm³/mol. The summed E-state index contributed by atoms with van der Waals surface area (Å²) in [6.07, 6.45) is 6.03. The molecule has 1 saturated heterocycles. The van der Waals surface area contributed by atoms with Crippen molar-refractivity contribution < 1.29 is 9.53 Å². The van der Waals surface area contributed by atoms with Gasteiger partial charge in [0, 0.05) is 26.2 Å². The molecule has 2 fully saturated rings. The first kappa shape index (κ1) is 13.8. The molecule has 0 radical (unpaired) electrons. The quantitative estimate of drug-likeness (QED) is 0.809. The monoisotopic (exact) mass is 254 g/mol. The van der Waals surface area contributed by atoms with E-state index in [1.807, 2.05) is 4.90 Å². The molecule has 0 aromatic heterocycles. The molecule has 0 unspecified atom stereocenters. The highest BCUT2D eigenvalue weighted by Crippen LogP contribution is 2.38. The van der Waals surface area contributed by atoms with Gasteiger partial charge in [0.05, 0.1) is 12.0 Å². The van der Waals surface area contributed by atoms with Crippen molar-refractivity contribution in [3.63, 3.8) is 0 Å². The van der Waals surface area contributed by atoms with Crippen LogP contribution >= 0.6 is 0 Å². The maximum absolute atomic E-state index is 12.3. The number of ether oxygens (including phenoxy) is 1. The zero-order valence-electron chi connectivity index (χ0n) is 11.7. The lowest BCUT2D eigenvalue weighted by Crippen LogP contribution is -2.49. The summed E-state index contributed by atoms with van der Waals surface area (Å²) >= 11 is 0. The van der Waals surface area contributed by atoms with E-state index in [0.717, 1.165) is 45.3 Å². The second-order valence-corrected chi connectivity index (χ2v) is 5.63. The standard InChI is InChI=1S/C14H26N2O2/c1-3-15-12-5-9-16(10-6-12)13(17)11-14(18-2)7-4-8-14/h12,15H,3-11H2,1-2H3. The summed E-state index contributed by atoms with van der Waals surface area (Å²) in [6, 6.07) is 0.596. The normalized spacial score (nSPS) is 23.8. The van der Waals surface area contributed by atoms with Gasteiger partial charge in [-0.25, -0.2) is 0 Å². The summed E-state index contributed by atoms with van der Waals surface area (Å²) in [4.78, 5) is 14.3. The zero-order valence-corrected chi connectivity index (χ0v) is 11.7. The van der Waals surface area contributed by atoms with Crippen LogP contribution in [0.2, 0.25) is 0 Å². The molecule has 1 aliphatic heterocycles. The smallest absolute Gasteiger partial charge is 0.225 e. The van der Waals surface area contributed by atoms with E-state index in [-0.39, 0.29) is 11.5 Å². The van der Waals surface area contributed by atoms with Crippen LogP contribution in [0.5, 0.6) is 0 Å². The SMILES string of the molecule is CCNC1CCN(C(=O)CC2(OC)CCC2)CC1. The Morgan fingerprint density at radius 3 is 2.50 bits per heavy atom.